The summed E-state index contributed by atoms with van der Waals surface area (Å²) < 4.78 is 7.86. The molecule has 1 aliphatic rings. The van der Waals surface area contributed by atoms with E-state index in [1.807, 2.05) is 19.1 Å². The lowest BCUT2D eigenvalue weighted by atomic mass is 9.79. The fourth-order valence-electron chi connectivity index (χ4n) is 4.09. The van der Waals surface area contributed by atoms with Crippen LogP contribution < -0.4 is 9.64 Å². The Balaban J connectivity index is 1.91. The van der Waals surface area contributed by atoms with Crippen LogP contribution in [0.3, 0.4) is 0 Å². The van der Waals surface area contributed by atoms with Gasteiger partial charge >= 0.3 is 0 Å². The van der Waals surface area contributed by atoms with E-state index < -0.39 is 0 Å². The normalized spacial score (nSPS) is 15.8. The maximum atomic E-state index is 5.54. The molecule has 0 atom stereocenters. The van der Waals surface area contributed by atoms with E-state index in [-0.39, 0.29) is 5.41 Å². The highest BCUT2D eigenvalue weighted by molar-refractivity contribution is 6.06. The second kappa shape index (κ2) is 6.99. The van der Waals surface area contributed by atoms with Crippen molar-refractivity contribution in [1.29, 1.82) is 0 Å². The molecule has 2 aromatic carbocycles. The average Bonchev–Trinajstić information content (AvgIpc) is 2.82. The van der Waals surface area contributed by atoms with Crippen LogP contribution in [0, 0.1) is 0 Å². The Labute approximate surface area is 157 Å². The third kappa shape index (κ3) is 3.14. The summed E-state index contributed by atoms with van der Waals surface area (Å²) in [6.45, 7) is 9.50. The second-order valence-electron chi connectivity index (χ2n) is 7.40. The fraction of sp³-hybridized carbons (Fsp3) is 0.348. The molecule has 0 N–H and O–H groups in total. The van der Waals surface area contributed by atoms with E-state index in [4.69, 9.17) is 4.74 Å². The molecule has 3 rings (SSSR count). The van der Waals surface area contributed by atoms with Gasteiger partial charge in [-0.25, -0.2) is 0 Å². The van der Waals surface area contributed by atoms with E-state index >= 15 is 0 Å². The Morgan fingerprint density at radius 2 is 1.77 bits per heavy atom. The number of rotatable bonds is 5. The summed E-state index contributed by atoms with van der Waals surface area (Å²) in [4.78, 5) is 2.17. The molecule has 1 heterocycles. The third-order valence-electron chi connectivity index (χ3n) is 5.18. The van der Waals surface area contributed by atoms with Gasteiger partial charge in [-0.3, -0.25) is 0 Å². The summed E-state index contributed by atoms with van der Waals surface area (Å²) in [5.74, 6) is 0.909. The lowest BCUT2D eigenvalue weighted by molar-refractivity contribution is -0.402. The highest BCUT2D eigenvalue weighted by Crippen LogP contribution is 2.40. The molecule has 0 amide bonds. The first-order valence-electron chi connectivity index (χ1n) is 9.21. The predicted octanol–water partition coefficient (Wildman–Crippen LogP) is 5.13. The lowest BCUT2D eigenvalue weighted by Crippen LogP contribution is -2.30. The largest absolute Gasteiger partial charge is 0.494 e. The van der Waals surface area contributed by atoms with Crippen molar-refractivity contribution in [3.8, 4) is 5.75 Å². The molecule has 0 unspecified atom stereocenters. The van der Waals surface area contributed by atoms with E-state index in [0.717, 1.165) is 11.4 Å². The highest BCUT2D eigenvalue weighted by atomic mass is 16.5. The Morgan fingerprint density at radius 1 is 1.12 bits per heavy atom. The minimum absolute atomic E-state index is 0.00834. The maximum absolute atomic E-state index is 5.54. The van der Waals surface area contributed by atoms with Crippen LogP contribution in [-0.4, -0.2) is 31.0 Å². The van der Waals surface area contributed by atoms with Crippen LogP contribution in [0.2, 0.25) is 0 Å². The number of para-hydroxylation sites is 1. The molecule has 0 radical (unpaired) electrons. The standard InChI is InChI=1S/C23H29N2O/c1-7-26-19-14-12-18(13-15-19)24(5)16-17(2)22-23(3,4)20-10-8-9-11-21(20)25(22)6/h8-16H,7H2,1-6H3/q+1. The van der Waals surface area contributed by atoms with Crippen molar-refractivity contribution < 1.29 is 9.31 Å². The molecule has 0 saturated heterocycles. The SMILES string of the molecule is CCOc1ccc(N(C)C=C(C)C2=[N+](C)c3ccccc3C2(C)C)cc1. The van der Waals surface area contributed by atoms with Crippen LogP contribution in [0.5, 0.6) is 5.75 Å². The van der Waals surface area contributed by atoms with Gasteiger partial charge in [0.15, 0.2) is 5.71 Å². The predicted molar refractivity (Wildman–Crippen MR) is 110 cm³/mol. The number of hydrogen-bond donors (Lipinski definition) is 0. The summed E-state index contributed by atoms with van der Waals surface area (Å²) in [7, 11) is 4.26. The molecule has 3 heteroatoms. The van der Waals surface area contributed by atoms with Crippen molar-refractivity contribution in [1.82, 2.24) is 0 Å². The van der Waals surface area contributed by atoms with Gasteiger partial charge < -0.3 is 9.64 Å². The maximum Gasteiger partial charge on any atom is 0.209 e. The summed E-state index contributed by atoms with van der Waals surface area (Å²) in [6, 6.07) is 16.9. The molecule has 136 valence electrons. The van der Waals surface area contributed by atoms with Gasteiger partial charge in [0, 0.05) is 36.1 Å². The molecule has 0 aromatic heterocycles. The Hall–Kier alpha value is -2.55. The number of ether oxygens (including phenoxy) is 1. The highest BCUT2D eigenvalue weighted by Gasteiger charge is 2.44. The summed E-state index contributed by atoms with van der Waals surface area (Å²) in [5.41, 5.74) is 6.43. The van der Waals surface area contributed by atoms with E-state index in [1.165, 1.54) is 22.5 Å². The van der Waals surface area contributed by atoms with Gasteiger partial charge in [0.25, 0.3) is 0 Å². The van der Waals surface area contributed by atoms with Crippen LogP contribution >= 0.6 is 0 Å². The first-order valence-corrected chi connectivity index (χ1v) is 9.21. The van der Waals surface area contributed by atoms with E-state index in [1.54, 1.807) is 0 Å². The molecule has 0 bridgehead atoms. The quantitative estimate of drug-likeness (QED) is 0.695. The second-order valence-corrected chi connectivity index (χ2v) is 7.40. The number of allylic oxidation sites excluding steroid dienone is 1. The molecule has 0 spiro atoms. The number of anilines is 1. The zero-order chi connectivity index (χ0) is 18.9. The summed E-state index contributed by atoms with van der Waals surface area (Å²) in [5, 5.41) is 0. The van der Waals surface area contributed by atoms with Crippen LogP contribution in [0.15, 0.2) is 60.3 Å². The van der Waals surface area contributed by atoms with E-state index in [2.05, 4.69) is 86.9 Å². The topological polar surface area (TPSA) is 15.5 Å². The van der Waals surface area contributed by atoms with Crippen LogP contribution in [0.4, 0.5) is 11.4 Å². The molecule has 2 aromatic rings. The molecular weight excluding hydrogens is 320 g/mol. The zero-order valence-corrected chi connectivity index (χ0v) is 16.7. The Morgan fingerprint density at radius 3 is 2.38 bits per heavy atom. The van der Waals surface area contributed by atoms with Crippen molar-refractivity contribution in [3.63, 3.8) is 0 Å². The van der Waals surface area contributed by atoms with Gasteiger partial charge in [-0.15, -0.1) is 0 Å². The van der Waals surface area contributed by atoms with Gasteiger partial charge in [0.2, 0.25) is 5.69 Å². The van der Waals surface area contributed by atoms with E-state index in [0.29, 0.717) is 6.61 Å². The first-order chi connectivity index (χ1) is 12.4. The number of hydrogen-bond acceptors (Lipinski definition) is 2. The zero-order valence-electron chi connectivity index (χ0n) is 16.7. The minimum Gasteiger partial charge on any atom is -0.494 e. The molecule has 26 heavy (non-hydrogen) atoms. The smallest absolute Gasteiger partial charge is 0.209 e. The van der Waals surface area contributed by atoms with Crippen molar-refractivity contribution in [2.24, 2.45) is 0 Å². The van der Waals surface area contributed by atoms with Crippen molar-refractivity contribution in [2.45, 2.75) is 33.1 Å². The Kier molecular flexibility index (Phi) is 4.90. The van der Waals surface area contributed by atoms with Crippen LogP contribution in [-0.2, 0) is 5.41 Å². The van der Waals surface area contributed by atoms with E-state index in [9.17, 15) is 0 Å². The molecule has 3 nitrogen and oxygen atoms in total. The van der Waals surface area contributed by atoms with Crippen molar-refractivity contribution in [2.75, 3.05) is 25.6 Å². The van der Waals surface area contributed by atoms with Crippen LogP contribution in [0.25, 0.3) is 0 Å². The average molecular weight is 349 g/mol. The number of nitrogens with zero attached hydrogens (tertiary/aromatic N) is 2. The van der Waals surface area contributed by atoms with Gasteiger partial charge in [-0.05, 0) is 52.0 Å². The minimum atomic E-state index is -0.00834. The number of fused-ring (bicyclic) bond motifs is 1. The molecular formula is C23H29N2O+. The molecule has 0 aliphatic carbocycles. The first kappa shape index (κ1) is 18.2. The number of benzene rings is 2. The van der Waals surface area contributed by atoms with Gasteiger partial charge in [0.05, 0.1) is 12.0 Å². The molecule has 1 aliphatic heterocycles. The molecule has 0 saturated carbocycles. The monoisotopic (exact) mass is 349 g/mol. The van der Waals surface area contributed by atoms with Gasteiger partial charge in [-0.2, -0.15) is 4.58 Å². The summed E-state index contributed by atoms with van der Waals surface area (Å²) in [6.07, 6.45) is 2.22. The third-order valence-corrected chi connectivity index (χ3v) is 5.18. The van der Waals surface area contributed by atoms with Crippen LogP contribution in [0.1, 0.15) is 33.3 Å². The van der Waals surface area contributed by atoms with Gasteiger partial charge in [-0.1, -0.05) is 18.2 Å². The fourth-order valence-corrected chi connectivity index (χ4v) is 4.09. The molecule has 0 fully saturated rings. The van der Waals surface area contributed by atoms with Crippen molar-refractivity contribution in [3.05, 3.63) is 65.9 Å². The van der Waals surface area contributed by atoms with Crippen molar-refractivity contribution >= 4 is 17.1 Å². The Bertz CT molecular complexity index is 860. The van der Waals surface area contributed by atoms with Gasteiger partial charge in [0.1, 0.15) is 12.8 Å². The summed E-state index contributed by atoms with van der Waals surface area (Å²) >= 11 is 0. The lowest BCUT2D eigenvalue weighted by Gasteiger charge is -2.20.